The van der Waals surface area contributed by atoms with Gasteiger partial charge in [-0.2, -0.15) is 4.99 Å². The van der Waals surface area contributed by atoms with Crippen molar-refractivity contribution in [2.75, 3.05) is 0 Å². The van der Waals surface area contributed by atoms with Crippen LogP contribution in [-0.2, 0) is 14.4 Å². The summed E-state index contributed by atoms with van der Waals surface area (Å²) in [5, 5.41) is 0. The van der Waals surface area contributed by atoms with E-state index in [1.54, 1.807) is 0 Å². The second-order valence-electron chi connectivity index (χ2n) is 1.75. The van der Waals surface area contributed by atoms with Crippen molar-refractivity contribution >= 4 is 18.1 Å². The van der Waals surface area contributed by atoms with Crippen molar-refractivity contribution in [3.63, 3.8) is 0 Å². The summed E-state index contributed by atoms with van der Waals surface area (Å²) in [5.74, 6) is -0.444. The largest absolute Gasteiger partial charge is 0.303 e. The van der Waals surface area contributed by atoms with Gasteiger partial charge in [-0.3, -0.25) is 4.79 Å². The van der Waals surface area contributed by atoms with E-state index in [0.29, 0.717) is 6.29 Å². The maximum atomic E-state index is 10.7. The van der Waals surface area contributed by atoms with Gasteiger partial charge in [-0.15, -0.1) is 0 Å². The Morgan fingerprint density at radius 3 is 2.73 bits per heavy atom. The second-order valence-corrected chi connectivity index (χ2v) is 1.75. The first kappa shape index (κ1) is 9.46. The minimum Gasteiger partial charge on any atom is -0.303 e. The van der Waals surface area contributed by atoms with Crippen LogP contribution >= 0.6 is 0 Å². The molecule has 58 valence electrons. The first-order chi connectivity index (χ1) is 5.26. The Morgan fingerprint density at radius 2 is 2.36 bits per heavy atom. The number of ketones is 1. The van der Waals surface area contributed by atoms with Crippen molar-refractivity contribution in [3.8, 4) is 0 Å². The van der Waals surface area contributed by atoms with E-state index in [-0.39, 0.29) is 6.42 Å². The van der Waals surface area contributed by atoms with Crippen LogP contribution in [0.3, 0.4) is 0 Å². The Kier molecular flexibility index (Phi) is 4.52. The fraction of sp³-hybridized carbons (Fsp3) is 0.286. The summed E-state index contributed by atoms with van der Waals surface area (Å²) < 4.78 is 0. The molecule has 0 aromatic rings. The molecule has 0 amide bonds. The topological polar surface area (TPSA) is 63.6 Å². The van der Waals surface area contributed by atoms with Crippen molar-refractivity contribution in [1.29, 1.82) is 0 Å². The van der Waals surface area contributed by atoms with Crippen LogP contribution in [0.5, 0.6) is 0 Å². The molecule has 1 unspecified atom stereocenters. The molecule has 0 N–H and O–H groups in total. The van der Waals surface area contributed by atoms with Crippen molar-refractivity contribution in [2.45, 2.75) is 12.5 Å². The standard InChI is InChI=1S/C7H7NO3/c1-2-7(11)6(3-4-9)8-5-10/h2,4,6H,1,3H2. The summed E-state index contributed by atoms with van der Waals surface area (Å²) in [5.41, 5.74) is 0. The van der Waals surface area contributed by atoms with Crippen LogP contribution in [0, 0.1) is 0 Å². The van der Waals surface area contributed by atoms with Crippen LogP contribution in [0.4, 0.5) is 0 Å². The molecular weight excluding hydrogens is 146 g/mol. The fourth-order valence-electron chi connectivity index (χ4n) is 0.523. The molecule has 4 nitrogen and oxygen atoms in total. The van der Waals surface area contributed by atoms with E-state index in [2.05, 4.69) is 11.6 Å². The van der Waals surface area contributed by atoms with Crippen LogP contribution in [0.15, 0.2) is 17.6 Å². The number of isocyanates is 1. The Morgan fingerprint density at radius 1 is 1.73 bits per heavy atom. The van der Waals surface area contributed by atoms with E-state index in [9.17, 15) is 14.4 Å². The lowest BCUT2D eigenvalue weighted by atomic mass is 10.1. The van der Waals surface area contributed by atoms with Crippen molar-refractivity contribution in [3.05, 3.63) is 12.7 Å². The molecule has 0 spiro atoms. The third kappa shape index (κ3) is 3.23. The van der Waals surface area contributed by atoms with E-state index in [1.165, 1.54) is 6.08 Å². The van der Waals surface area contributed by atoms with E-state index >= 15 is 0 Å². The molecular formula is C7H7NO3. The van der Waals surface area contributed by atoms with Gasteiger partial charge in [0.1, 0.15) is 12.3 Å². The maximum absolute atomic E-state index is 10.7. The van der Waals surface area contributed by atoms with Gasteiger partial charge in [-0.25, -0.2) is 4.79 Å². The summed E-state index contributed by atoms with van der Waals surface area (Å²) in [6, 6.07) is -0.928. The zero-order valence-electron chi connectivity index (χ0n) is 5.82. The van der Waals surface area contributed by atoms with Gasteiger partial charge in [-0.05, 0) is 6.08 Å². The van der Waals surface area contributed by atoms with Gasteiger partial charge in [0.15, 0.2) is 5.78 Å². The zero-order chi connectivity index (χ0) is 8.69. The smallest absolute Gasteiger partial charge is 0.235 e. The quantitative estimate of drug-likeness (QED) is 0.242. The lowest BCUT2D eigenvalue weighted by Crippen LogP contribution is -2.16. The minimum absolute atomic E-state index is 0.0971. The first-order valence-corrected chi connectivity index (χ1v) is 2.93. The minimum atomic E-state index is -0.928. The Hall–Kier alpha value is -1.54. The predicted molar refractivity (Wildman–Crippen MR) is 37.8 cm³/mol. The molecule has 0 aliphatic rings. The molecule has 0 radical (unpaired) electrons. The molecule has 11 heavy (non-hydrogen) atoms. The number of carbonyl (C=O) groups is 2. The Bertz CT molecular complexity index is 216. The van der Waals surface area contributed by atoms with Gasteiger partial charge >= 0.3 is 0 Å². The van der Waals surface area contributed by atoms with Crippen molar-refractivity contribution in [2.24, 2.45) is 4.99 Å². The van der Waals surface area contributed by atoms with E-state index in [4.69, 9.17) is 0 Å². The Labute approximate surface area is 63.6 Å². The van der Waals surface area contributed by atoms with Gasteiger partial charge in [0.25, 0.3) is 0 Å². The van der Waals surface area contributed by atoms with Crippen LogP contribution in [-0.4, -0.2) is 24.2 Å². The summed E-state index contributed by atoms with van der Waals surface area (Å²) in [4.78, 5) is 33.5. The Balaban J connectivity index is 4.30. The molecule has 0 aromatic heterocycles. The summed E-state index contributed by atoms with van der Waals surface area (Å²) >= 11 is 0. The number of aliphatic imine (C=N–C) groups is 1. The molecule has 0 aliphatic heterocycles. The number of carbonyl (C=O) groups excluding carboxylic acids is 3. The normalized spacial score (nSPS) is 10.9. The molecule has 0 aliphatic carbocycles. The third-order valence-electron chi connectivity index (χ3n) is 1.06. The first-order valence-electron chi connectivity index (χ1n) is 2.93. The molecule has 0 saturated carbocycles. The number of rotatable bonds is 5. The highest BCUT2D eigenvalue weighted by Gasteiger charge is 2.12. The highest BCUT2D eigenvalue weighted by atomic mass is 16.1. The predicted octanol–water partition coefficient (Wildman–Crippen LogP) is 0.0349. The van der Waals surface area contributed by atoms with Gasteiger partial charge in [0.2, 0.25) is 6.08 Å². The number of nitrogens with zero attached hydrogens (tertiary/aromatic N) is 1. The summed E-state index contributed by atoms with van der Waals surface area (Å²) in [7, 11) is 0. The molecule has 0 saturated heterocycles. The van der Waals surface area contributed by atoms with Crippen LogP contribution in [0.25, 0.3) is 0 Å². The summed E-state index contributed by atoms with van der Waals surface area (Å²) in [6.45, 7) is 3.19. The van der Waals surface area contributed by atoms with Crippen LogP contribution in [0.1, 0.15) is 6.42 Å². The fourth-order valence-corrected chi connectivity index (χ4v) is 0.523. The van der Waals surface area contributed by atoms with Crippen molar-refractivity contribution in [1.82, 2.24) is 0 Å². The molecule has 0 bridgehead atoms. The van der Waals surface area contributed by atoms with E-state index in [1.807, 2.05) is 0 Å². The van der Waals surface area contributed by atoms with Crippen LogP contribution in [0.2, 0.25) is 0 Å². The van der Waals surface area contributed by atoms with Gasteiger partial charge in [-0.1, -0.05) is 6.58 Å². The SMILES string of the molecule is C=CC(=O)C(CC=O)N=C=O. The van der Waals surface area contributed by atoms with Gasteiger partial charge in [0.05, 0.1) is 0 Å². The molecule has 0 fully saturated rings. The maximum Gasteiger partial charge on any atom is 0.235 e. The number of hydrogen-bond donors (Lipinski definition) is 0. The molecule has 1 atom stereocenters. The molecule has 0 aromatic carbocycles. The van der Waals surface area contributed by atoms with Crippen molar-refractivity contribution < 1.29 is 14.4 Å². The number of hydrogen-bond acceptors (Lipinski definition) is 4. The molecule has 0 heterocycles. The lowest BCUT2D eigenvalue weighted by molar-refractivity contribution is -0.118. The van der Waals surface area contributed by atoms with Crippen LogP contribution < -0.4 is 0 Å². The average molecular weight is 153 g/mol. The lowest BCUT2D eigenvalue weighted by Gasteiger charge is -1.98. The van der Waals surface area contributed by atoms with E-state index < -0.39 is 11.8 Å². The molecule has 0 rings (SSSR count). The second kappa shape index (κ2) is 5.26. The van der Waals surface area contributed by atoms with Gasteiger partial charge < -0.3 is 4.79 Å². The number of aldehydes is 1. The third-order valence-corrected chi connectivity index (χ3v) is 1.06. The highest BCUT2D eigenvalue weighted by Crippen LogP contribution is 1.96. The van der Waals surface area contributed by atoms with E-state index in [0.717, 1.165) is 6.08 Å². The molecule has 4 heteroatoms. The summed E-state index contributed by atoms with van der Waals surface area (Å²) in [6.07, 6.45) is 2.66. The highest BCUT2D eigenvalue weighted by molar-refractivity contribution is 5.95. The monoisotopic (exact) mass is 153 g/mol. The zero-order valence-corrected chi connectivity index (χ0v) is 5.82. The average Bonchev–Trinajstić information content (AvgIpc) is 2.03. The van der Waals surface area contributed by atoms with Gasteiger partial charge in [0, 0.05) is 6.42 Å².